The van der Waals surface area contributed by atoms with Gasteiger partial charge >= 0.3 is 0 Å². The van der Waals surface area contributed by atoms with E-state index in [1.165, 1.54) is 0 Å². The molecule has 0 bridgehead atoms. The van der Waals surface area contributed by atoms with Gasteiger partial charge in [0, 0.05) is 10.8 Å². The summed E-state index contributed by atoms with van der Waals surface area (Å²) in [7, 11) is 1.59. The second-order valence-electron chi connectivity index (χ2n) is 5.27. The van der Waals surface area contributed by atoms with Gasteiger partial charge in [0.15, 0.2) is 0 Å². The van der Waals surface area contributed by atoms with Gasteiger partial charge in [-0.15, -0.1) is 0 Å². The Bertz CT molecular complexity index is 494. The number of methoxy groups -OCH3 is 1. The number of aldehydes is 1. The monoisotopic (exact) mass is 291 g/mol. The number of hydrogen-bond donors (Lipinski definition) is 0. The van der Waals surface area contributed by atoms with Crippen molar-refractivity contribution in [3.05, 3.63) is 46.0 Å². The number of carbonyl (C=O) groups excluding carboxylic acids is 1. The van der Waals surface area contributed by atoms with Crippen molar-refractivity contribution in [1.82, 2.24) is 0 Å². The van der Waals surface area contributed by atoms with Crippen molar-refractivity contribution in [1.29, 1.82) is 0 Å². The number of nitrogens with zero attached hydrogens (tertiary/aromatic N) is 1. The maximum Gasteiger partial charge on any atom is 0.210 e. The van der Waals surface area contributed by atoms with Crippen molar-refractivity contribution in [2.24, 2.45) is 17.8 Å². The Morgan fingerprint density at radius 1 is 1.29 bits per heavy atom. The predicted molar refractivity (Wildman–Crippen MR) is 81.8 cm³/mol. The fourth-order valence-electron chi connectivity index (χ4n) is 2.19. The van der Waals surface area contributed by atoms with E-state index >= 15 is 0 Å². The van der Waals surface area contributed by atoms with Gasteiger partial charge in [0.2, 0.25) is 6.54 Å². The lowest BCUT2D eigenvalue weighted by Gasteiger charge is -2.19. The topological polar surface area (TPSA) is 69.4 Å². The highest BCUT2D eigenvalue weighted by molar-refractivity contribution is 5.57. The largest absolute Gasteiger partial charge is 0.497 e. The second-order valence-corrected chi connectivity index (χ2v) is 5.27. The quantitative estimate of drug-likeness (QED) is 0.419. The van der Waals surface area contributed by atoms with Gasteiger partial charge in [-0.3, -0.25) is 10.1 Å². The molecule has 0 heterocycles. The highest BCUT2D eigenvalue weighted by Gasteiger charge is 2.26. The summed E-state index contributed by atoms with van der Waals surface area (Å²) in [5.74, 6) is 0.0550. The molecule has 1 aromatic carbocycles. The maximum atomic E-state index is 11.2. The summed E-state index contributed by atoms with van der Waals surface area (Å²) in [6, 6.07) is 7.37. The first-order valence-corrected chi connectivity index (χ1v) is 6.87. The van der Waals surface area contributed by atoms with E-state index in [0.29, 0.717) is 0 Å². The maximum absolute atomic E-state index is 11.2. The SMILES string of the molecule is COc1ccc(/C=C/[C@@H](C[N+](=O)[O-])[C@H](C=O)C(C)C)cc1. The molecule has 21 heavy (non-hydrogen) atoms. The smallest absolute Gasteiger partial charge is 0.210 e. The second kappa shape index (κ2) is 8.19. The predicted octanol–water partition coefficient (Wildman–Crippen LogP) is 3.07. The molecule has 1 aromatic rings. The standard InChI is InChI=1S/C16H21NO4/c1-12(2)16(11-18)14(10-17(19)20)7-4-13-5-8-15(21-3)9-6-13/h4-9,11-12,14,16H,10H2,1-3H3/b7-4+/t14-,16+/m0/s1. The lowest BCUT2D eigenvalue weighted by atomic mass is 9.84. The van der Waals surface area contributed by atoms with E-state index in [1.807, 2.05) is 44.2 Å². The molecule has 0 saturated heterocycles. The average molecular weight is 291 g/mol. The van der Waals surface area contributed by atoms with Gasteiger partial charge in [0.1, 0.15) is 12.0 Å². The zero-order chi connectivity index (χ0) is 15.8. The van der Waals surface area contributed by atoms with Crippen LogP contribution in [0.2, 0.25) is 0 Å². The number of carbonyl (C=O) groups is 1. The van der Waals surface area contributed by atoms with Crippen LogP contribution in [0.5, 0.6) is 5.75 Å². The van der Waals surface area contributed by atoms with Crippen LogP contribution in [0.15, 0.2) is 30.3 Å². The van der Waals surface area contributed by atoms with Crippen molar-refractivity contribution in [3.63, 3.8) is 0 Å². The Morgan fingerprint density at radius 3 is 2.33 bits per heavy atom. The molecule has 0 fully saturated rings. The number of hydrogen-bond acceptors (Lipinski definition) is 4. The Morgan fingerprint density at radius 2 is 1.90 bits per heavy atom. The molecule has 0 spiro atoms. The number of rotatable bonds is 8. The van der Waals surface area contributed by atoms with Crippen molar-refractivity contribution in [3.8, 4) is 5.75 Å². The fraction of sp³-hybridized carbons (Fsp3) is 0.438. The van der Waals surface area contributed by atoms with Crippen LogP contribution in [-0.4, -0.2) is 24.9 Å². The molecule has 5 heteroatoms. The molecule has 0 aliphatic heterocycles. The van der Waals surface area contributed by atoms with Crippen LogP contribution in [0.3, 0.4) is 0 Å². The van der Waals surface area contributed by atoms with Gasteiger partial charge in [-0.1, -0.05) is 38.1 Å². The molecular formula is C16H21NO4. The van der Waals surface area contributed by atoms with E-state index in [-0.39, 0.29) is 23.3 Å². The van der Waals surface area contributed by atoms with Crippen molar-refractivity contribution in [2.75, 3.05) is 13.7 Å². The Labute approximate surface area is 124 Å². The molecule has 0 saturated carbocycles. The minimum atomic E-state index is -0.403. The molecule has 1 rings (SSSR count). The van der Waals surface area contributed by atoms with Crippen LogP contribution in [0.1, 0.15) is 19.4 Å². The average Bonchev–Trinajstić information content (AvgIpc) is 2.45. The molecule has 0 aliphatic rings. The molecule has 0 aromatic heterocycles. The van der Waals surface area contributed by atoms with Gasteiger partial charge in [-0.2, -0.15) is 0 Å². The number of ether oxygens (including phenoxy) is 1. The fourth-order valence-corrected chi connectivity index (χ4v) is 2.19. The zero-order valence-electron chi connectivity index (χ0n) is 12.6. The number of nitro groups is 1. The van der Waals surface area contributed by atoms with Crippen molar-refractivity contribution in [2.45, 2.75) is 13.8 Å². The Hall–Kier alpha value is -2.17. The lowest BCUT2D eigenvalue weighted by molar-refractivity contribution is -0.487. The molecule has 0 unspecified atom stereocenters. The van der Waals surface area contributed by atoms with Crippen LogP contribution in [0, 0.1) is 27.9 Å². The summed E-state index contributed by atoms with van der Waals surface area (Å²) in [4.78, 5) is 21.6. The van der Waals surface area contributed by atoms with E-state index in [1.54, 1.807) is 13.2 Å². The molecule has 2 atom stereocenters. The van der Waals surface area contributed by atoms with Gasteiger partial charge in [0.05, 0.1) is 13.0 Å². The van der Waals surface area contributed by atoms with E-state index < -0.39 is 5.92 Å². The molecule has 0 radical (unpaired) electrons. The van der Waals surface area contributed by atoms with Gasteiger partial charge in [0.25, 0.3) is 0 Å². The minimum absolute atomic E-state index is 0.0629. The van der Waals surface area contributed by atoms with Crippen LogP contribution >= 0.6 is 0 Å². The Balaban J connectivity index is 2.90. The molecule has 5 nitrogen and oxygen atoms in total. The summed E-state index contributed by atoms with van der Waals surface area (Å²) in [6.45, 7) is 3.55. The first kappa shape index (κ1) is 16.9. The van der Waals surface area contributed by atoms with Crippen molar-refractivity contribution < 1.29 is 14.5 Å². The molecule has 0 aliphatic carbocycles. The van der Waals surface area contributed by atoms with E-state index in [9.17, 15) is 14.9 Å². The van der Waals surface area contributed by atoms with E-state index in [2.05, 4.69) is 0 Å². The van der Waals surface area contributed by atoms with Crippen LogP contribution in [0.4, 0.5) is 0 Å². The normalized spacial score (nSPS) is 14.1. The summed E-state index contributed by atoms with van der Waals surface area (Å²) in [5, 5.41) is 10.8. The van der Waals surface area contributed by atoms with E-state index in [4.69, 9.17) is 4.74 Å². The minimum Gasteiger partial charge on any atom is -0.497 e. The van der Waals surface area contributed by atoms with Gasteiger partial charge in [-0.05, 0) is 23.6 Å². The third-order valence-corrected chi connectivity index (χ3v) is 3.43. The molecular weight excluding hydrogens is 270 g/mol. The summed E-state index contributed by atoms with van der Waals surface area (Å²) < 4.78 is 5.07. The first-order valence-electron chi connectivity index (χ1n) is 6.87. The van der Waals surface area contributed by atoms with Crippen LogP contribution in [-0.2, 0) is 4.79 Å². The third-order valence-electron chi connectivity index (χ3n) is 3.43. The highest BCUT2D eigenvalue weighted by atomic mass is 16.6. The lowest BCUT2D eigenvalue weighted by Crippen LogP contribution is -2.26. The molecule has 0 amide bonds. The van der Waals surface area contributed by atoms with Crippen LogP contribution in [0.25, 0.3) is 6.08 Å². The third kappa shape index (κ3) is 5.38. The highest BCUT2D eigenvalue weighted by Crippen LogP contribution is 2.22. The summed E-state index contributed by atoms with van der Waals surface area (Å²) in [6.07, 6.45) is 4.38. The first-order chi connectivity index (χ1) is 9.97. The van der Waals surface area contributed by atoms with Gasteiger partial charge in [-0.25, -0.2) is 0 Å². The Kier molecular flexibility index (Phi) is 6.59. The van der Waals surface area contributed by atoms with Gasteiger partial charge < -0.3 is 9.53 Å². The molecule has 114 valence electrons. The van der Waals surface area contributed by atoms with Crippen LogP contribution < -0.4 is 4.74 Å². The molecule has 0 N–H and O–H groups in total. The summed E-state index contributed by atoms with van der Waals surface area (Å²) >= 11 is 0. The number of benzene rings is 1. The summed E-state index contributed by atoms with van der Waals surface area (Å²) in [5.41, 5.74) is 0.914. The van der Waals surface area contributed by atoms with E-state index in [0.717, 1.165) is 17.6 Å². The van der Waals surface area contributed by atoms with Crippen molar-refractivity contribution >= 4 is 12.4 Å². The zero-order valence-corrected chi connectivity index (χ0v) is 12.6.